The molecule has 1 aliphatic heterocycles. The maximum Gasteiger partial charge on any atom is 0.355 e. The first-order valence-electron chi connectivity index (χ1n) is 14.4. The number of carboxylic acids is 1. The minimum absolute atomic E-state index is 0.0596. The summed E-state index contributed by atoms with van der Waals surface area (Å²) < 4.78 is 6.10. The Balaban J connectivity index is 1.70. The Morgan fingerprint density at radius 1 is 1.00 bits per heavy atom. The van der Waals surface area contributed by atoms with Crippen molar-refractivity contribution >= 4 is 40.7 Å². The van der Waals surface area contributed by atoms with E-state index in [-0.39, 0.29) is 34.5 Å². The van der Waals surface area contributed by atoms with Gasteiger partial charge in [0, 0.05) is 53.7 Å². The highest BCUT2D eigenvalue weighted by atomic mass is 32.1. The summed E-state index contributed by atoms with van der Waals surface area (Å²) in [7, 11) is 1.49. The van der Waals surface area contributed by atoms with Crippen LogP contribution in [0.1, 0.15) is 71.7 Å². The Kier molecular flexibility index (Phi) is 9.26. The van der Waals surface area contributed by atoms with Crippen LogP contribution < -0.4 is 26.4 Å². The molecule has 4 aromatic rings. The molecule has 3 amide bonds. The second-order valence-corrected chi connectivity index (χ2v) is 11.4. The molecule has 0 atom stereocenters. The highest BCUT2D eigenvalue weighted by molar-refractivity contribution is 7.13. The van der Waals surface area contributed by atoms with E-state index in [0.29, 0.717) is 48.6 Å². The van der Waals surface area contributed by atoms with Crippen LogP contribution in [-0.2, 0) is 13.0 Å². The van der Waals surface area contributed by atoms with Gasteiger partial charge in [-0.3, -0.25) is 14.4 Å². The van der Waals surface area contributed by atoms with E-state index >= 15 is 0 Å². The zero-order valence-corrected chi connectivity index (χ0v) is 25.9. The Morgan fingerprint density at radius 2 is 1.80 bits per heavy atom. The van der Waals surface area contributed by atoms with E-state index in [2.05, 4.69) is 20.9 Å². The summed E-state index contributed by atoms with van der Waals surface area (Å²) in [6, 6.07) is 11.7. The van der Waals surface area contributed by atoms with Crippen molar-refractivity contribution in [2.75, 3.05) is 25.5 Å². The molecule has 0 aliphatic carbocycles. The highest BCUT2D eigenvalue weighted by Crippen LogP contribution is 2.43. The Bertz CT molecular complexity index is 1830. The summed E-state index contributed by atoms with van der Waals surface area (Å²) >= 11 is 1.52. The number of aryl methyl sites for hydroxylation is 1. The predicted molar refractivity (Wildman–Crippen MR) is 172 cm³/mol. The van der Waals surface area contributed by atoms with Crippen LogP contribution >= 0.6 is 11.3 Å². The molecule has 0 saturated carbocycles. The molecule has 0 fully saturated rings. The number of amides is 3. The molecular formula is C33H33N5O6S. The fourth-order valence-corrected chi connectivity index (χ4v) is 6.24. The topological polar surface area (TPSA) is 173 Å². The Labute approximate surface area is 263 Å². The van der Waals surface area contributed by atoms with Gasteiger partial charge in [-0.25, -0.2) is 9.78 Å². The van der Waals surface area contributed by atoms with Crippen LogP contribution in [0.4, 0.5) is 5.69 Å². The number of ether oxygens (including phenoxy) is 1. The number of nitrogens with one attached hydrogen (secondary N) is 3. The lowest BCUT2D eigenvalue weighted by Gasteiger charge is -2.19. The highest BCUT2D eigenvalue weighted by Gasteiger charge is 2.27. The molecule has 0 saturated heterocycles. The first kappa shape index (κ1) is 31.4. The molecule has 0 spiro atoms. The lowest BCUT2D eigenvalue weighted by Crippen LogP contribution is -2.26. The van der Waals surface area contributed by atoms with Crippen molar-refractivity contribution in [2.24, 2.45) is 5.73 Å². The lowest BCUT2D eigenvalue weighted by atomic mass is 9.93. The standard InChI is InChI=1S/C33H33N5O6S/c1-4-9-36-32(41)25-6-5-20(28(37-25)33(42)43)21-15-26-23(29-19(7-10-44-26)8-11-45-29)14-22(21)31(40)38-27-17(2)12-18(16-34)13-24(27)30(39)35-3/h5-6,8,11-15H,4,7,9-10,16,34H2,1-3H3,(H,35,39)(H,36,41)(H,38,40)(H,42,43). The minimum Gasteiger partial charge on any atom is -0.493 e. The van der Waals surface area contributed by atoms with Crippen LogP contribution in [0, 0.1) is 6.92 Å². The number of nitrogens with two attached hydrogens (primary N) is 1. The number of carbonyl (C=O) groups is 4. The largest absolute Gasteiger partial charge is 0.493 e. The third-order valence-corrected chi connectivity index (χ3v) is 8.47. The Hall–Kier alpha value is -5.07. The minimum atomic E-state index is -1.37. The normalized spacial score (nSPS) is 11.8. The Morgan fingerprint density at radius 3 is 2.51 bits per heavy atom. The molecule has 232 valence electrons. The fourth-order valence-electron chi connectivity index (χ4n) is 5.26. The van der Waals surface area contributed by atoms with Gasteiger partial charge in [-0.2, -0.15) is 0 Å². The number of benzene rings is 2. The smallest absolute Gasteiger partial charge is 0.355 e. The second kappa shape index (κ2) is 13.3. The number of pyridine rings is 1. The zero-order chi connectivity index (χ0) is 32.2. The molecule has 0 unspecified atom stereocenters. The number of hydrogen-bond acceptors (Lipinski definition) is 8. The maximum atomic E-state index is 14.2. The number of nitrogens with zero attached hydrogens (tertiary/aromatic N) is 1. The number of rotatable bonds is 9. The molecule has 45 heavy (non-hydrogen) atoms. The van der Waals surface area contributed by atoms with E-state index in [1.165, 1.54) is 30.5 Å². The van der Waals surface area contributed by atoms with Gasteiger partial charge in [-0.15, -0.1) is 11.3 Å². The SMILES string of the molecule is CCCNC(=O)c1ccc(-c2cc3c(cc2C(=O)Nc2c(C)cc(CN)cc2C(=O)NC)-c2sccc2CCO3)c(C(=O)O)n1. The van der Waals surface area contributed by atoms with Crippen LogP contribution in [0.15, 0.2) is 47.8 Å². The maximum absolute atomic E-state index is 14.2. The van der Waals surface area contributed by atoms with Gasteiger partial charge in [-0.05, 0) is 71.8 Å². The fraction of sp³-hybridized carbons (Fsp3) is 0.242. The summed E-state index contributed by atoms with van der Waals surface area (Å²) in [5.41, 5.74) is 9.54. The second-order valence-electron chi connectivity index (χ2n) is 10.5. The van der Waals surface area contributed by atoms with Crippen LogP contribution in [0.5, 0.6) is 5.75 Å². The summed E-state index contributed by atoms with van der Waals surface area (Å²) in [4.78, 5) is 57.3. The number of aromatic nitrogens is 1. The predicted octanol–water partition coefficient (Wildman–Crippen LogP) is 4.63. The van der Waals surface area contributed by atoms with Gasteiger partial charge >= 0.3 is 5.97 Å². The number of hydrogen-bond donors (Lipinski definition) is 5. The third kappa shape index (κ3) is 6.28. The van der Waals surface area contributed by atoms with Gasteiger partial charge in [0.25, 0.3) is 17.7 Å². The van der Waals surface area contributed by atoms with Crippen molar-refractivity contribution in [3.05, 3.63) is 87.0 Å². The van der Waals surface area contributed by atoms with Crippen molar-refractivity contribution in [1.29, 1.82) is 0 Å². The molecule has 3 heterocycles. The average Bonchev–Trinajstić information content (AvgIpc) is 3.44. The molecule has 0 radical (unpaired) electrons. The van der Waals surface area contributed by atoms with Gasteiger partial charge in [0.15, 0.2) is 5.69 Å². The van der Waals surface area contributed by atoms with Gasteiger partial charge < -0.3 is 31.5 Å². The van der Waals surface area contributed by atoms with Crippen LogP contribution in [0.3, 0.4) is 0 Å². The first-order valence-corrected chi connectivity index (χ1v) is 15.3. The molecule has 5 rings (SSSR count). The molecule has 0 bridgehead atoms. The van der Waals surface area contributed by atoms with Crippen molar-refractivity contribution in [3.8, 4) is 27.3 Å². The zero-order valence-electron chi connectivity index (χ0n) is 25.1. The van der Waals surface area contributed by atoms with Gasteiger partial charge in [0.2, 0.25) is 0 Å². The van der Waals surface area contributed by atoms with E-state index in [1.54, 1.807) is 31.2 Å². The molecular weight excluding hydrogens is 594 g/mol. The number of carbonyl (C=O) groups excluding carboxylic acids is 3. The third-order valence-electron chi connectivity index (χ3n) is 7.48. The van der Waals surface area contributed by atoms with Crippen molar-refractivity contribution in [2.45, 2.75) is 33.2 Å². The molecule has 2 aromatic carbocycles. The number of fused-ring (bicyclic) bond motifs is 3. The molecule has 11 nitrogen and oxygen atoms in total. The van der Waals surface area contributed by atoms with E-state index < -0.39 is 29.4 Å². The first-order chi connectivity index (χ1) is 21.7. The lowest BCUT2D eigenvalue weighted by molar-refractivity contribution is 0.0690. The monoisotopic (exact) mass is 627 g/mol. The van der Waals surface area contributed by atoms with E-state index in [0.717, 1.165) is 16.0 Å². The molecule has 6 N–H and O–H groups in total. The van der Waals surface area contributed by atoms with Gasteiger partial charge in [0.1, 0.15) is 11.4 Å². The molecule has 12 heteroatoms. The summed E-state index contributed by atoms with van der Waals surface area (Å²) in [6.07, 6.45) is 1.36. The summed E-state index contributed by atoms with van der Waals surface area (Å²) in [5.74, 6) is -2.37. The van der Waals surface area contributed by atoms with Crippen molar-refractivity contribution in [1.82, 2.24) is 15.6 Å². The van der Waals surface area contributed by atoms with Crippen LogP contribution in [0.2, 0.25) is 0 Å². The number of carboxylic acid groups (broad SMARTS) is 1. The van der Waals surface area contributed by atoms with E-state index in [9.17, 15) is 24.3 Å². The van der Waals surface area contributed by atoms with Gasteiger partial charge in [-0.1, -0.05) is 13.0 Å². The average molecular weight is 628 g/mol. The van der Waals surface area contributed by atoms with Crippen molar-refractivity contribution in [3.63, 3.8) is 0 Å². The summed E-state index contributed by atoms with van der Waals surface area (Å²) in [5, 5.41) is 20.4. The number of thiophene rings is 1. The number of anilines is 1. The van der Waals surface area contributed by atoms with Gasteiger partial charge in [0.05, 0.1) is 17.9 Å². The molecule has 1 aliphatic rings. The quantitative estimate of drug-likeness (QED) is 0.179. The van der Waals surface area contributed by atoms with E-state index in [1.807, 2.05) is 18.4 Å². The van der Waals surface area contributed by atoms with Crippen LogP contribution in [0.25, 0.3) is 21.6 Å². The van der Waals surface area contributed by atoms with E-state index in [4.69, 9.17) is 10.5 Å². The van der Waals surface area contributed by atoms with Crippen LogP contribution in [-0.4, -0.2) is 54.0 Å². The summed E-state index contributed by atoms with van der Waals surface area (Å²) in [6.45, 7) is 4.67. The van der Waals surface area contributed by atoms with Crippen molar-refractivity contribution < 1.29 is 29.0 Å². The number of aromatic carboxylic acids is 1. The molecule has 2 aromatic heterocycles.